The summed E-state index contributed by atoms with van der Waals surface area (Å²) in [6.45, 7) is 4.53. The molecule has 6 nitrogen and oxygen atoms in total. The molecule has 0 radical (unpaired) electrons. The molecule has 0 bridgehead atoms. The number of imidazole rings is 1. The van der Waals surface area contributed by atoms with E-state index >= 15 is 0 Å². The molecule has 8 heteroatoms. The fourth-order valence-corrected chi connectivity index (χ4v) is 5.56. The van der Waals surface area contributed by atoms with Gasteiger partial charge in [0.25, 0.3) is 0 Å². The van der Waals surface area contributed by atoms with Crippen LogP contribution in [0.2, 0.25) is 0 Å². The standard InChI is InChI=1S/C38H41F2N3O3/c1-4-6-23-43-35(36(30-17-21-32(44-3)22-18-30)41-37(43)31-12-8-7-9-13-31)27-42(26-29-11-10-14-34(24-29)45-5-2)25-28-15-19-33(20-16-28)46-38(39)40/h7-22,24,38H,4-6,23,25-27H2,1-3H3. The van der Waals surface area contributed by atoms with Gasteiger partial charge >= 0.3 is 6.61 Å². The Bertz CT molecular complexity index is 1660. The molecule has 1 heterocycles. The lowest BCUT2D eigenvalue weighted by atomic mass is 10.1. The van der Waals surface area contributed by atoms with E-state index in [1.807, 2.05) is 61.5 Å². The second-order valence-electron chi connectivity index (χ2n) is 11.1. The largest absolute Gasteiger partial charge is 0.497 e. The number of nitrogens with zero attached hydrogens (tertiary/aromatic N) is 3. The van der Waals surface area contributed by atoms with E-state index in [1.165, 1.54) is 0 Å². The number of hydrogen-bond acceptors (Lipinski definition) is 5. The molecule has 0 aliphatic heterocycles. The summed E-state index contributed by atoms with van der Waals surface area (Å²) in [7, 11) is 1.66. The van der Waals surface area contributed by atoms with Crippen LogP contribution in [0.3, 0.4) is 0 Å². The van der Waals surface area contributed by atoms with E-state index in [-0.39, 0.29) is 5.75 Å². The van der Waals surface area contributed by atoms with Crippen molar-refractivity contribution in [2.75, 3.05) is 13.7 Å². The average Bonchev–Trinajstić information content (AvgIpc) is 3.42. The molecule has 5 rings (SSSR count). The van der Waals surface area contributed by atoms with Crippen LogP contribution >= 0.6 is 0 Å². The van der Waals surface area contributed by atoms with Crippen LogP contribution < -0.4 is 14.2 Å². The zero-order valence-corrected chi connectivity index (χ0v) is 26.7. The Morgan fingerprint density at radius 3 is 2.13 bits per heavy atom. The normalized spacial score (nSPS) is 11.3. The Balaban J connectivity index is 1.59. The quantitative estimate of drug-likeness (QED) is 0.109. The highest BCUT2D eigenvalue weighted by molar-refractivity contribution is 5.69. The van der Waals surface area contributed by atoms with Crippen molar-refractivity contribution in [1.82, 2.24) is 14.5 Å². The molecule has 46 heavy (non-hydrogen) atoms. The van der Waals surface area contributed by atoms with E-state index in [2.05, 4.69) is 57.5 Å². The zero-order chi connectivity index (χ0) is 32.3. The number of hydrogen-bond donors (Lipinski definition) is 0. The zero-order valence-electron chi connectivity index (χ0n) is 26.7. The number of ether oxygens (including phenoxy) is 3. The summed E-state index contributed by atoms with van der Waals surface area (Å²) in [5.74, 6) is 2.68. The van der Waals surface area contributed by atoms with Crippen LogP contribution in [-0.2, 0) is 26.2 Å². The minimum atomic E-state index is -2.86. The molecular formula is C38H41F2N3O3. The summed E-state index contributed by atoms with van der Waals surface area (Å²) in [6.07, 6.45) is 2.05. The van der Waals surface area contributed by atoms with Gasteiger partial charge in [-0.15, -0.1) is 0 Å². The first-order chi connectivity index (χ1) is 22.5. The number of halogens is 2. The van der Waals surface area contributed by atoms with Crippen molar-refractivity contribution in [1.29, 1.82) is 0 Å². The second kappa shape index (κ2) is 16.0. The highest BCUT2D eigenvalue weighted by Crippen LogP contribution is 2.33. The van der Waals surface area contributed by atoms with E-state index in [9.17, 15) is 8.78 Å². The molecule has 4 aromatic carbocycles. The molecule has 0 saturated carbocycles. The Hall–Kier alpha value is -4.69. The maximum absolute atomic E-state index is 12.8. The van der Waals surface area contributed by atoms with Crippen LogP contribution in [0.5, 0.6) is 17.2 Å². The first-order valence-electron chi connectivity index (χ1n) is 15.7. The van der Waals surface area contributed by atoms with Crippen molar-refractivity contribution in [3.8, 4) is 39.9 Å². The van der Waals surface area contributed by atoms with Crippen molar-refractivity contribution >= 4 is 0 Å². The van der Waals surface area contributed by atoms with E-state index in [0.717, 1.165) is 70.4 Å². The number of methoxy groups -OCH3 is 1. The van der Waals surface area contributed by atoms with E-state index < -0.39 is 6.61 Å². The van der Waals surface area contributed by atoms with Gasteiger partial charge in [0.1, 0.15) is 23.1 Å². The minimum Gasteiger partial charge on any atom is -0.497 e. The molecule has 0 atom stereocenters. The SMILES string of the molecule is CCCCn1c(-c2ccccc2)nc(-c2ccc(OC)cc2)c1CN(Cc1ccc(OC(F)F)cc1)Cc1cccc(OCC)c1. The number of aromatic nitrogens is 2. The van der Waals surface area contributed by atoms with Crippen LogP contribution in [0.4, 0.5) is 8.78 Å². The van der Waals surface area contributed by atoms with Gasteiger partial charge in [0.2, 0.25) is 0 Å². The molecule has 5 aromatic rings. The maximum atomic E-state index is 12.8. The van der Waals surface area contributed by atoms with Crippen molar-refractivity contribution in [2.24, 2.45) is 0 Å². The Morgan fingerprint density at radius 1 is 0.739 bits per heavy atom. The molecular weight excluding hydrogens is 584 g/mol. The molecule has 240 valence electrons. The summed E-state index contributed by atoms with van der Waals surface area (Å²) in [4.78, 5) is 7.65. The highest BCUT2D eigenvalue weighted by Gasteiger charge is 2.22. The summed E-state index contributed by atoms with van der Waals surface area (Å²) >= 11 is 0. The predicted octanol–water partition coefficient (Wildman–Crippen LogP) is 9.23. The number of alkyl halides is 2. The number of benzene rings is 4. The average molecular weight is 626 g/mol. The third-order valence-corrected chi connectivity index (χ3v) is 7.75. The Morgan fingerprint density at radius 2 is 1.46 bits per heavy atom. The third-order valence-electron chi connectivity index (χ3n) is 7.75. The monoisotopic (exact) mass is 625 g/mol. The van der Waals surface area contributed by atoms with E-state index in [4.69, 9.17) is 14.5 Å². The van der Waals surface area contributed by atoms with Gasteiger partial charge in [-0.25, -0.2) is 4.98 Å². The summed E-state index contributed by atoms with van der Waals surface area (Å²) in [6, 6.07) is 33.4. The van der Waals surface area contributed by atoms with Gasteiger partial charge in [-0.05, 0) is 73.0 Å². The molecule has 0 aliphatic carbocycles. The van der Waals surface area contributed by atoms with E-state index in [0.29, 0.717) is 26.2 Å². The molecule has 0 amide bonds. The summed E-state index contributed by atoms with van der Waals surface area (Å²) in [5, 5.41) is 0. The molecule has 0 fully saturated rings. The Labute approximate surface area is 270 Å². The van der Waals surface area contributed by atoms with E-state index in [1.54, 1.807) is 19.2 Å². The second-order valence-corrected chi connectivity index (χ2v) is 11.1. The lowest BCUT2D eigenvalue weighted by Crippen LogP contribution is -2.24. The van der Waals surface area contributed by atoms with Gasteiger partial charge in [-0.1, -0.05) is 67.9 Å². The topological polar surface area (TPSA) is 48.8 Å². The van der Waals surface area contributed by atoms with Crippen LogP contribution in [0.25, 0.3) is 22.6 Å². The van der Waals surface area contributed by atoms with Gasteiger partial charge in [0.15, 0.2) is 0 Å². The fraction of sp³-hybridized carbons (Fsp3) is 0.289. The van der Waals surface area contributed by atoms with Gasteiger partial charge in [-0.3, -0.25) is 4.90 Å². The lowest BCUT2D eigenvalue weighted by molar-refractivity contribution is -0.0498. The van der Waals surface area contributed by atoms with Gasteiger partial charge in [-0.2, -0.15) is 8.78 Å². The Kier molecular flexibility index (Phi) is 11.4. The van der Waals surface area contributed by atoms with Crippen molar-refractivity contribution in [3.05, 3.63) is 120 Å². The molecule has 0 saturated heterocycles. The van der Waals surface area contributed by atoms with Crippen molar-refractivity contribution in [3.63, 3.8) is 0 Å². The predicted molar refractivity (Wildman–Crippen MR) is 178 cm³/mol. The fourth-order valence-electron chi connectivity index (χ4n) is 5.56. The molecule has 0 unspecified atom stereocenters. The van der Waals surface area contributed by atoms with Crippen molar-refractivity contribution in [2.45, 2.75) is 59.5 Å². The molecule has 0 spiro atoms. The molecule has 0 N–H and O–H groups in total. The minimum absolute atomic E-state index is 0.140. The first-order valence-corrected chi connectivity index (χ1v) is 15.7. The smallest absolute Gasteiger partial charge is 0.387 e. The lowest BCUT2D eigenvalue weighted by Gasteiger charge is -2.25. The number of unbranched alkanes of at least 4 members (excludes halogenated alkanes) is 1. The third kappa shape index (κ3) is 8.52. The van der Waals surface area contributed by atoms with Gasteiger partial charge in [0.05, 0.1) is 25.1 Å². The van der Waals surface area contributed by atoms with Crippen LogP contribution in [0, 0.1) is 0 Å². The van der Waals surface area contributed by atoms with Gasteiger partial charge < -0.3 is 18.8 Å². The van der Waals surface area contributed by atoms with Crippen LogP contribution in [-0.4, -0.2) is 34.8 Å². The first kappa shape index (κ1) is 32.7. The van der Waals surface area contributed by atoms with Crippen LogP contribution in [0.1, 0.15) is 43.5 Å². The summed E-state index contributed by atoms with van der Waals surface area (Å²) < 4.78 is 43.8. The maximum Gasteiger partial charge on any atom is 0.387 e. The van der Waals surface area contributed by atoms with Crippen LogP contribution in [0.15, 0.2) is 103 Å². The molecule has 0 aliphatic rings. The summed E-state index contributed by atoms with van der Waals surface area (Å²) in [5.41, 5.74) is 6.19. The van der Waals surface area contributed by atoms with Crippen molar-refractivity contribution < 1.29 is 23.0 Å². The molecule has 1 aromatic heterocycles. The number of rotatable bonds is 16. The highest BCUT2D eigenvalue weighted by atomic mass is 19.3. The van der Waals surface area contributed by atoms with Gasteiger partial charge in [0, 0.05) is 37.3 Å².